The fraction of sp³-hybridized carbons (Fsp3) is 0.407. The van der Waals surface area contributed by atoms with Gasteiger partial charge in [0.2, 0.25) is 11.8 Å². The van der Waals surface area contributed by atoms with Gasteiger partial charge in [0.15, 0.2) is 0 Å². The van der Waals surface area contributed by atoms with Crippen LogP contribution in [0.5, 0.6) is 11.5 Å². The van der Waals surface area contributed by atoms with Crippen molar-refractivity contribution in [2.24, 2.45) is 11.7 Å². The normalized spacial score (nSPS) is 15.3. The van der Waals surface area contributed by atoms with E-state index in [0.717, 1.165) is 28.6 Å². The third kappa shape index (κ3) is 4.74. The maximum absolute atomic E-state index is 13.5. The average molecular weight is 464 g/mol. The summed E-state index contributed by atoms with van der Waals surface area (Å²) in [5.41, 5.74) is 8.70. The van der Waals surface area contributed by atoms with Gasteiger partial charge in [-0.05, 0) is 49.1 Å². The lowest BCUT2D eigenvalue weighted by atomic mass is 9.87. The number of hydrogen-bond acceptors (Lipinski definition) is 4. The highest BCUT2D eigenvalue weighted by atomic mass is 16.5. The number of rotatable bonds is 8. The zero-order valence-electron chi connectivity index (χ0n) is 20.1. The van der Waals surface area contributed by atoms with Crippen LogP contribution in [0.4, 0.5) is 0 Å². The van der Waals surface area contributed by atoms with Crippen molar-refractivity contribution in [2.45, 2.75) is 38.6 Å². The minimum atomic E-state index is -0.277. The minimum Gasteiger partial charge on any atom is -0.497 e. The van der Waals surface area contributed by atoms with Crippen LogP contribution in [0.25, 0.3) is 10.9 Å². The number of piperidine rings is 1. The quantitative estimate of drug-likeness (QED) is 0.549. The second kappa shape index (κ2) is 10.2. The number of primary amides is 1. The Labute approximate surface area is 200 Å². The summed E-state index contributed by atoms with van der Waals surface area (Å²) in [6, 6.07) is 14.1. The summed E-state index contributed by atoms with van der Waals surface area (Å²) < 4.78 is 13.3. The van der Waals surface area contributed by atoms with E-state index in [0.29, 0.717) is 43.9 Å². The van der Waals surface area contributed by atoms with Gasteiger partial charge in [-0.2, -0.15) is 0 Å². The van der Waals surface area contributed by atoms with Crippen LogP contribution in [-0.2, 0) is 16.1 Å². The molecule has 0 radical (unpaired) electrons. The first-order valence-electron chi connectivity index (χ1n) is 11.8. The summed E-state index contributed by atoms with van der Waals surface area (Å²) >= 11 is 0. The Morgan fingerprint density at radius 3 is 2.29 bits per heavy atom. The van der Waals surface area contributed by atoms with E-state index in [4.69, 9.17) is 15.2 Å². The van der Waals surface area contributed by atoms with Crippen LogP contribution in [0, 0.1) is 5.92 Å². The zero-order valence-corrected chi connectivity index (χ0v) is 20.1. The molecular weight excluding hydrogens is 430 g/mol. The molecule has 1 aromatic heterocycles. The Morgan fingerprint density at radius 2 is 1.71 bits per heavy atom. The Bertz CT molecular complexity index is 1160. The smallest absolute Gasteiger partial charge is 0.223 e. The topological polar surface area (TPSA) is 86.8 Å². The van der Waals surface area contributed by atoms with Crippen molar-refractivity contribution in [3.63, 3.8) is 0 Å². The molecule has 7 nitrogen and oxygen atoms in total. The van der Waals surface area contributed by atoms with Crippen LogP contribution in [0.3, 0.4) is 0 Å². The number of carbonyl (C=O) groups excluding carboxylic acids is 2. The molecule has 2 aromatic carbocycles. The van der Waals surface area contributed by atoms with E-state index in [1.165, 1.54) is 0 Å². The number of nitrogens with two attached hydrogens (primary N) is 1. The lowest BCUT2D eigenvalue weighted by molar-refractivity contribution is -0.135. The van der Waals surface area contributed by atoms with Crippen molar-refractivity contribution in [2.75, 3.05) is 27.3 Å². The van der Waals surface area contributed by atoms with Gasteiger partial charge in [0.1, 0.15) is 11.5 Å². The molecule has 0 saturated carbocycles. The molecule has 0 spiro atoms. The van der Waals surface area contributed by atoms with E-state index in [9.17, 15) is 9.59 Å². The molecule has 2 heterocycles. The maximum Gasteiger partial charge on any atom is 0.223 e. The first-order valence-corrected chi connectivity index (χ1v) is 11.8. The Kier molecular flexibility index (Phi) is 7.10. The van der Waals surface area contributed by atoms with E-state index in [-0.39, 0.29) is 23.7 Å². The van der Waals surface area contributed by atoms with Gasteiger partial charge in [0.05, 0.1) is 14.2 Å². The highest BCUT2D eigenvalue weighted by Gasteiger charge is 2.29. The molecule has 0 bridgehead atoms. The molecule has 34 heavy (non-hydrogen) atoms. The standard InChI is InChI=1S/C27H33N3O4/c1-4-29-17-24(22-7-5-6-8-25(22)29)23(19-13-20(33-2)15-21(14-19)34-3)16-26(31)30-11-9-18(10-12-30)27(28)32/h5-8,13-15,17-18,23H,4,9-12,16H2,1-3H3,(H2,28,32). The summed E-state index contributed by atoms with van der Waals surface area (Å²) in [6.07, 6.45) is 3.71. The van der Waals surface area contributed by atoms with Gasteiger partial charge in [-0.15, -0.1) is 0 Å². The zero-order chi connectivity index (χ0) is 24.2. The fourth-order valence-electron chi connectivity index (χ4n) is 4.97. The highest BCUT2D eigenvalue weighted by Crippen LogP contribution is 2.38. The lowest BCUT2D eigenvalue weighted by Gasteiger charge is -2.32. The number of nitrogens with zero attached hydrogens (tertiary/aromatic N) is 2. The predicted octanol–water partition coefficient (Wildman–Crippen LogP) is 3.92. The predicted molar refractivity (Wildman–Crippen MR) is 132 cm³/mol. The van der Waals surface area contributed by atoms with Crippen molar-refractivity contribution in [1.29, 1.82) is 0 Å². The van der Waals surface area contributed by atoms with E-state index in [2.05, 4.69) is 29.8 Å². The molecule has 1 unspecified atom stereocenters. The van der Waals surface area contributed by atoms with E-state index in [1.54, 1.807) is 14.2 Å². The van der Waals surface area contributed by atoms with Crippen LogP contribution >= 0.6 is 0 Å². The molecule has 4 rings (SSSR count). The van der Waals surface area contributed by atoms with Gasteiger partial charge < -0.3 is 24.7 Å². The second-order valence-electron chi connectivity index (χ2n) is 8.85. The van der Waals surface area contributed by atoms with Gasteiger partial charge in [-0.25, -0.2) is 0 Å². The number of aromatic nitrogens is 1. The van der Waals surface area contributed by atoms with E-state index in [1.807, 2.05) is 35.2 Å². The Morgan fingerprint density at radius 1 is 1.06 bits per heavy atom. The molecular formula is C27H33N3O4. The number of ether oxygens (including phenoxy) is 2. The van der Waals surface area contributed by atoms with Gasteiger partial charge in [-0.1, -0.05) is 18.2 Å². The number of methoxy groups -OCH3 is 2. The van der Waals surface area contributed by atoms with Crippen molar-refractivity contribution in [1.82, 2.24) is 9.47 Å². The van der Waals surface area contributed by atoms with Crippen LogP contribution in [0.15, 0.2) is 48.7 Å². The molecule has 180 valence electrons. The Balaban J connectivity index is 1.73. The van der Waals surface area contributed by atoms with E-state index >= 15 is 0 Å². The number of aryl methyl sites for hydroxylation is 1. The third-order valence-corrected chi connectivity index (χ3v) is 6.94. The van der Waals surface area contributed by atoms with Gasteiger partial charge in [-0.3, -0.25) is 9.59 Å². The van der Waals surface area contributed by atoms with Crippen LogP contribution in [-0.4, -0.2) is 48.6 Å². The Hall–Kier alpha value is -3.48. The van der Waals surface area contributed by atoms with Crippen LogP contribution < -0.4 is 15.2 Å². The average Bonchev–Trinajstić information content (AvgIpc) is 3.25. The van der Waals surface area contributed by atoms with Gasteiger partial charge >= 0.3 is 0 Å². The van der Waals surface area contributed by atoms with Crippen molar-refractivity contribution < 1.29 is 19.1 Å². The molecule has 1 aliphatic heterocycles. The minimum absolute atomic E-state index is 0.0723. The van der Waals surface area contributed by atoms with Crippen molar-refractivity contribution >= 4 is 22.7 Å². The molecule has 1 fully saturated rings. The summed E-state index contributed by atoms with van der Waals surface area (Å²) in [5.74, 6) is 0.846. The summed E-state index contributed by atoms with van der Waals surface area (Å²) in [7, 11) is 3.26. The molecule has 2 amide bonds. The van der Waals surface area contributed by atoms with E-state index < -0.39 is 0 Å². The largest absolute Gasteiger partial charge is 0.497 e. The third-order valence-electron chi connectivity index (χ3n) is 6.94. The van der Waals surface area contributed by atoms with Crippen molar-refractivity contribution in [3.8, 4) is 11.5 Å². The molecule has 1 atom stereocenters. The number of fused-ring (bicyclic) bond motifs is 1. The summed E-state index contributed by atoms with van der Waals surface area (Å²) in [5, 5.41) is 1.14. The monoisotopic (exact) mass is 463 g/mol. The lowest BCUT2D eigenvalue weighted by Crippen LogP contribution is -2.42. The second-order valence-corrected chi connectivity index (χ2v) is 8.85. The number of carbonyl (C=O) groups is 2. The first-order chi connectivity index (χ1) is 16.4. The number of hydrogen-bond donors (Lipinski definition) is 1. The number of benzene rings is 2. The number of amides is 2. The molecule has 0 aliphatic carbocycles. The fourth-order valence-corrected chi connectivity index (χ4v) is 4.97. The van der Waals surface area contributed by atoms with Gasteiger partial charge in [0, 0.05) is 61.1 Å². The number of para-hydroxylation sites is 1. The molecule has 3 aromatic rings. The van der Waals surface area contributed by atoms with Crippen LogP contribution in [0.2, 0.25) is 0 Å². The molecule has 7 heteroatoms. The highest BCUT2D eigenvalue weighted by molar-refractivity contribution is 5.87. The van der Waals surface area contributed by atoms with Gasteiger partial charge in [0.25, 0.3) is 0 Å². The maximum atomic E-state index is 13.5. The molecule has 2 N–H and O–H groups in total. The molecule has 1 saturated heterocycles. The number of likely N-dealkylation sites (tertiary alicyclic amines) is 1. The first kappa shape index (κ1) is 23.7. The van der Waals surface area contributed by atoms with Crippen molar-refractivity contribution in [3.05, 3.63) is 59.8 Å². The summed E-state index contributed by atoms with van der Waals surface area (Å²) in [4.78, 5) is 26.9. The SMILES string of the molecule is CCn1cc(C(CC(=O)N2CCC(C(N)=O)CC2)c2cc(OC)cc(OC)c2)c2ccccc21. The summed E-state index contributed by atoms with van der Waals surface area (Å²) in [6.45, 7) is 4.06. The molecule has 1 aliphatic rings. The van der Waals surface area contributed by atoms with Crippen LogP contribution in [0.1, 0.15) is 43.2 Å².